The lowest BCUT2D eigenvalue weighted by Crippen LogP contribution is -2.61. The van der Waals surface area contributed by atoms with Gasteiger partial charge in [0.15, 0.2) is 6.23 Å². The maximum absolute atomic E-state index is 11.5. The van der Waals surface area contributed by atoms with Crippen LogP contribution in [-0.4, -0.2) is 57.7 Å². The van der Waals surface area contributed by atoms with Gasteiger partial charge < -0.3 is 14.7 Å². The highest BCUT2D eigenvalue weighted by Gasteiger charge is 2.37. The Morgan fingerprint density at radius 1 is 1.33 bits per heavy atom. The van der Waals surface area contributed by atoms with Crippen molar-refractivity contribution >= 4 is 34.3 Å². The zero-order chi connectivity index (χ0) is 19.2. The van der Waals surface area contributed by atoms with Crippen LogP contribution in [0, 0.1) is 0 Å². The third-order valence-electron chi connectivity index (χ3n) is 5.56. The topological polar surface area (TPSA) is 70.8 Å². The molecular weight excluding hydrogens is 368 g/mol. The third-order valence-corrected chi connectivity index (χ3v) is 5.78. The summed E-state index contributed by atoms with van der Waals surface area (Å²) in [5, 5.41) is 15.7. The van der Waals surface area contributed by atoms with Crippen molar-refractivity contribution in [1.82, 2.24) is 14.7 Å². The van der Waals surface area contributed by atoms with Crippen molar-refractivity contribution in [1.29, 1.82) is 0 Å². The lowest BCUT2D eigenvalue weighted by atomic mass is 9.98. The fraction of sp³-hybridized carbons (Fsp3) is 0.579. The number of hydrogen-bond acceptors (Lipinski definition) is 4. The molecule has 1 aromatic heterocycles. The van der Waals surface area contributed by atoms with Gasteiger partial charge in [-0.05, 0) is 45.2 Å². The number of anilines is 1. The monoisotopic (exact) mass is 392 g/mol. The molecule has 3 heterocycles. The van der Waals surface area contributed by atoms with Gasteiger partial charge in [0.05, 0.1) is 17.3 Å². The molecule has 2 aliphatic heterocycles. The Balaban J connectivity index is 1.70. The van der Waals surface area contributed by atoms with E-state index < -0.39 is 11.6 Å². The van der Waals surface area contributed by atoms with Crippen molar-refractivity contribution < 1.29 is 14.6 Å². The summed E-state index contributed by atoms with van der Waals surface area (Å²) >= 11 is 6.45. The molecule has 1 aromatic carbocycles. The summed E-state index contributed by atoms with van der Waals surface area (Å²) < 4.78 is 7.83. The van der Waals surface area contributed by atoms with Crippen molar-refractivity contribution in [3.05, 3.63) is 23.4 Å². The smallest absolute Gasteiger partial charge is 0.407 e. The van der Waals surface area contributed by atoms with Gasteiger partial charge in [-0.1, -0.05) is 11.6 Å². The van der Waals surface area contributed by atoms with Crippen molar-refractivity contribution in [2.24, 2.45) is 0 Å². The van der Waals surface area contributed by atoms with Gasteiger partial charge in [-0.15, -0.1) is 0 Å². The molecule has 8 heteroatoms. The highest BCUT2D eigenvalue weighted by Crippen LogP contribution is 2.36. The number of fused-ring (bicyclic) bond motifs is 1. The van der Waals surface area contributed by atoms with E-state index in [-0.39, 0.29) is 6.23 Å². The standard InChI is InChI=1S/C19H25ClN4O3/c1-19(2)12-22(6-7-23(19)18(25)26)15-9-13(20)10-16-14(15)11-21-24(16)17-5-3-4-8-27-17/h9-11,17H,3-8,12H2,1-2H3,(H,25,26). The molecule has 0 spiro atoms. The van der Waals surface area contributed by atoms with Crippen molar-refractivity contribution in [3.63, 3.8) is 0 Å². The first kappa shape index (κ1) is 18.4. The van der Waals surface area contributed by atoms with E-state index in [1.54, 1.807) is 0 Å². The highest BCUT2D eigenvalue weighted by atomic mass is 35.5. The number of ether oxygens (including phenoxy) is 1. The number of halogens is 1. The van der Waals surface area contributed by atoms with Crippen molar-refractivity contribution in [3.8, 4) is 0 Å². The van der Waals surface area contributed by atoms with Gasteiger partial charge >= 0.3 is 6.09 Å². The molecule has 2 fully saturated rings. The Hall–Kier alpha value is -1.99. The maximum atomic E-state index is 11.5. The predicted molar refractivity (Wildman–Crippen MR) is 105 cm³/mol. The Morgan fingerprint density at radius 3 is 2.81 bits per heavy atom. The average molecular weight is 393 g/mol. The SMILES string of the molecule is CC1(C)CN(c2cc(Cl)cc3c2cnn3C2CCCCO2)CCN1C(=O)O. The number of benzene rings is 1. The molecule has 0 aliphatic carbocycles. The summed E-state index contributed by atoms with van der Waals surface area (Å²) in [6.07, 6.45) is 4.11. The molecule has 2 aliphatic rings. The van der Waals surface area contributed by atoms with E-state index in [0.717, 1.165) is 42.5 Å². The molecule has 146 valence electrons. The van der Waals surface area contributed by atoms with Crippen LogP contribution >= 0.6 is 11.6 Å². The van der Waals surface area contributed by atoms with Crippen LogP contribution in [0.3, 0.4) is 0 Å². The van der Waals surface area contributed by atoms with Crippen LogP contribution in [0.15, 0.2) is 18.3 Å². The molecule has 27 heavy (non-hydrogen) atoms. The molecule has 2 aromatic rings. The second kappa shape index (κ2) is 6.87. The highest BCUT2D eigenvalue weighted by molar-refractivity contribution is 6.31. The van der Waals surface area contributed by atoms with Crippen LogP contribution in [0.1, 0.15) is 39.3 Å². The van der Waals surface area contributed by atoms with E-state index >= 15 is 0 Å². The zero-order valence-corrected chi connectivity index (χ0v) is 16.4. The number of rotatable bonds is 2. The van der Waals surface area contributed by atoms with Crippen LogP contribution in [0.5, 0.6) is 0 Å². The Bertz CT molecular complexity index is 860. The molecule has 4 rings (SSSR count). The summed E-state index contributed by atoms with van der Waals surface area (Å²) in [6, 6.07) is 3.88. The molecule has 2 saturated heterocycles. The number of aromatic nitrogens is 2. The van der Waals surface area contributed by atoms with Gasteiger partial charge in [0.1, 0.15) is 0 Å². The lowest BCUT2D eigenvalue weighted by molar-refractivity contribution is -0.0366. The predicted octanol–water partition coefficient (Wildman–Crippen LogP) is 3.97. The average Bonchev–Trinajstić information content (AvgIpc) is 3.04. The van der Waals surface area contributed by atoms with E-state index in [4.69, 9.17) is 16.3 Å². The van der Waals surface area contributed by atoms with Gasteiger partial charge in [0.2, 0.25) is 0 Å². The van der Waals surface area contributed by atoms with Crippen LogP contribution in [0.4, 0.5) is 10.5 Å². The van der Waals surface area contributed by atoms with Gasteiger partial charge in [-0.25, -0.2) is 9.48 Å². The zero-order valence-electron chi connectivity index (χ0n) is 15.7. The second-order valence-corrected chi connectivity index (χ2v) is 8.37. The summed E-state index contributed by atoms with van der Waals surface area (Å²) in [5.41, 5.74) is 1.47. The van der Waals surface area contributed by atoms with Crippen LogP contribution in [0.2, 0.25) is 5.02 Å². The minimum atomic E-state index is -0.877. The molecule has 0 radical (unpaired) electrons. The number of nitrogens with zero attached hydrogens (tertiary/aromatic N) is 4. The van der Waals surface area contributed by atoms with E-state index in [0.29, 0.717) is 24.7 Å². The third kappa shape index (κ3) is 3.34. The molecule has 7 nitrogen and oxygen atoms in total. The van der Waals surface area contributed by atoms with Crippen molar-refractivity contribution in [2.45, 2.75) is 44.9 Å². The first-order valence-electron chi connectivity index (χ1n) is 9.41. The summed E-state index contributed by atoms with van der Waals surface area (Å²) in [7, 11) is 0. The van der Waals surface area contributed by atoms with Crippen LogP contribution in [-0.2, 0) is 4.74 Å². The first-order valence-corrected chi connectivity index (χ1v) is 9.78. The molecular formula is C19H25ClN4O3. The Labute approximate surface area is 163 Å². The fourth-order valence-corrected chi connectivity index (χ4v) is 4.42. The van der Waals surface area contributed by atoms with E-state index in [9.17, 15) is 9.90 Å². The van der Waals surface area contributed by atoms with Gasteiger partial charge in [0, 0.05) is 42.3 Å². The lowest BCUT2D eigenvalue weighted by Gasteiger charge is -2.46. The van der Waals surface area contributed by atoms with E-state index in [1.165, 1.54) is 4.90 Å². The molecule has 1 amide bonds. The maximum Gasteiger partial charge on any atom is 0.407 e. The molecule has 0 saturated carbocycles. The molecule has 1 N–H and O–H groups in total. The van der Waals surface area contributed by atoms with Gasteiger partial charge in [0.25, 0.3) is 0 Å². The second-order valence-electron chi connectivity index (χ2n) is 7.94. The number of carboxylic acid groups (broad SMARTS) is 1. The van der Waals surface area contributed by atoms with Gasteiger partial charge in [-0.3, -0.25) is 4.90 Å². The summed E-state index contributed by atoms with van der Waals surface area (Å²) in [5.74, 6) is 0. The number of piperazine rings is 1. The first-order chi connectivity index (χ1) is 12.9. The quantitative estimate of drug-likeness (QED) is 0.837. The fourth-order valence-electron chi connectivity index (χ4n) is 4.22. The summed E-state index contributed by atoms with van der Waals surface area (Å²) in [4.78, 5) is 15.2. The summed E-state index contributed by atoms with van der Waals surface area (Å²) in [6.45, 7) is 6.33. The normalized spacial score (nSPS) is 23.0. The van der Waals surface area contributed by atoms with Gasteiger partial charge in [-0.2, -0.15) is 5.10 Å². The van der Waals surface area contributed by atoms with E-state index in [2.05, 4.69) is 10.00 Å². The molecule has 0 bridgehead atoms. The van der Waals surface area contributed by atoms with Crippen LogP contribution < -0.4 is 4.90 Å². The number of carbonyl (C=O) groups is 1. The minimum absolute atomic E-state index is 0.0529. The molecule has 1 unspecified atom stereocenters. The minimum Gasteiger partial charge on any atom is -0.465 e. The molecule has 1 atom stereocenters. The number of amides is 1. The van der Waals surface area contributed by atoms with Crippen molar-refractivity contribution in [2.75, 3.05) is 31.1 Å². The Morgan fingerprint density at radius 2 is 2.15 bits per heavy atom. The number of hydrogen-bond donors (Lipinski definition) is 1. The van der Waals surface area contributed by atoms with E-state index in [1.807, 2.05) is 36.9 Å². The van der Waals surface area contributed by atoms with Crippen LogP contribution in [0.25, 0.3) is 10.9 Å². The largest absolute Gasteiger partial charge is 0.465 e. The Kier molecular flexibility index (Phi) is 4.68.